The number of aryl methyl sites for hydroxylation is 2. The van der Waals surface area contributed by atoms with Crippen molar-refractivity contribution in [3.63, 3.8) is 0 Å². The number of rotatable bonds is 3. The third-order valence-electron chi connectivity index (χ3n) is 3.92. The molecule has 1 aliphatic heterocycles. The molecule has 1 fully saturated rings. The van der Waals surface area contributed by atoms with Crippen molar-refractivity contribution in [2.24, 2.45) is 0 Å². The summed E-state index contributed by atoms with van der Waals surface area (Å²) >= 11 is 0. The van der Waals surface area contributed by atoms with Crippen molar-refractivity contribution in [1.29, 1.82) is 0 Å². The van der Waals surface area contributed by atoms with Crippen LogP contribution in [0.5, 0.6) is 0 Å². The topological polar surface area (TPSA) is 84.3 Å². The van der Waals surface area contributed by atoms with E-state index in [1.807, 2.05) is 19.9 Å². The van der Waals surface area contributed by atoms with Crippen molar-refractivity contribution in [1.82, 2.24) is 19.8 Å². The maximum Gasteiger partial charge on any atom is 0.347 e. The molecular weight excluding hydrogens is 284 g/mol. The summed E-state index contributed by atoms with van der Waals surface area (Å²) in [7, 11) is 0. The minimum Gasteiger partial charge on any atom is -0.354 e. The van der Waals surface area contributed by atoms with Gasteiger partial charge in [0.2, 0.25) is 11.8 Å². The van der Waals surface area contributed by atoms with E-state index in [-0.39, 0.29) is 30.0 Å². The molecule has 7 heteroatoms. The number of carbonyl (C=O) groups excluding carboxylic acids is 2. The van der Waals surface area contributed by atoms with Crippen molar-refractivity contribution < 1.29 is 9.59 Å². The molecule has 1 unspecified atom stereocenters. The fourth-order valence-corrected chi connectivity index (χ4v) is 2.67. The van der Waals surface area contributed by atoms with E-state index in [4.69, 9.17) is 0 Å². The summed E-state index contributed by atoms with van der Waals surface area (Å²) in [5.41, 5.74) is 1.15. The molecule has 2 heterocycles. The lowest BCUT2D eigenvalue weighted by Gasteiger charge is -2.26. The van der Waals surface area contributed by atoms with Crippen LogP contribution in [0, 0.1) is 13.8 Å². The van der Waals surface area contributed by atoms with Crippen LogP contribution in [0.3, 0.4) is 0 Å². The van der Waals surface area contributed by atoms with Crippen LogP contribution in [0.2, 0.25) is 0 Å². The lowest BCUT2D eigenvalue weighted by molar-refractivity contribution is -0.133. The van der Waals surface area contributed by atoms with E-state index in [0.29, 0.717) is 31.7 Å². The molecule has 2 rings (SSSR count). The smallest absolute Gasteiger partial charge is 0.347 e. The van der Waals surface area contributed by atoms with Gasteiger partial charge in [0.05, 0.1) is 0 Å². The Hall–Kier alpha value is -2.18. The van der Waals surface area contributed by atoms with Crippen molar-refractivity contribution in [2.75, 3.05) is 13.1 Å². The largest absolute Gasteiger partial charge is 0.354 e. The third kappa shape index (κ3) is 3.72. The fourth-order valence-electron chi connectivity index (χ4n) is 2.67. The van der Waals surface area contributed by atoms with Gasteiger partial charge < -0.3 is 10.2 Å². The summed E-state index contributed by atoms with van der Waals surface area (Å²) in [6, 6.07) is 1.79. The summed E-state index contributed by atoms with van der Waals surface area (Å²) in [5, 5.41) is 2.78. The van der Waals surface area contributed by atoms with Crippen molar-refractivity contribution >= 4 is 11.8 Å². The molecule has 7 nitrogen and oxygen atoms in total. The quantitative estimate of drug-likeness (QED) is 0.851. The second kappa shape index (κ2) is 6.72. The molecule has 0 bridgehead atoms. The molecule has 0 aromatic carbocycles. The molecule has 1 N–H and O–H groups in total. The summed E-state index contributed by atoms with van der Waals surface area (Å²) < 4.78 is 1.51. The Bertz CT molecular complexity index is 638. The summed E-state index contributed by atoms with van der Waals surface area (Å²) in [6.45, 7) is 6.71. The van der Waals surface area contributed by atoms with Gasteiger partial charge in [-0.05, 0) is 26.8 Å². The first kappa shape index (κ1) is 16.2. The maximum absolute atomic E-state index is 12.4. The van der Waals surface area contributed by atoms with Crippen LogP contribution in [-0.2, 0) is 16.1 Å². The van der Waals surface area contributed by atoms with Gasteiger partial charge in [0, 0.05) is 49.9 Å². The highest BCUT2D eigenvalue weighted by atomic mass is 16.2. The zero-order valence-electron chi connectivity index (χ0n) is 13.3. The van der Waals surface area contributed by atoms with Gasteiger partial charge in [-0.2, -0.15) is 4.98 Å². The summed E-state index contributed by atoms with van der Waals surface area (Å²) in [5.74, 6) is -0.0761. The Kier molecular flexibility index (Phi) is 4.95. The normalized spacial score (nSPS) is 18.8. The van der Waals surface area contributed by atoms with E-state index in [1.165, 1.54) is 4.57 Å². The molecule has 120 valence electrons. The predicted octanol–water partition coefficient (Wildman–Crippen LogP) is -0.0128. The number of carbonyl (C=O) groups is 2. The van der Waals surface area contributed by atoms with Crippen LogP contribution in [0.15, 0.2) is 10.9 Å². The molecule has 0 radical (unpaired) electrons. The van der Waals surface area contributed by atoms with Gasteiger partial charge in [0.25, 0.3) is 0 Å². The van der Waals surface area contributed by atoms with Gasteiger partial charge >= 0.3 is 5.69 Å². The second-order valence-electron chi connectivity index (χ2n) is 5.71. The third-order valence-corrected chi connectivity index (χ3v) is 3.92. The van der Waals surface area contributed by atoms with Crippen molar-refractivity contribution in [3.05, 3.63) is 27.9 Å². The van der Waals surface area contributed by atoms with Crippen molar-refractivity contribution in [3.8, 4) is 0 Å². The molecule has 1 saturated heterocycles. The van der Waals surface area contributed by atoms with Crippen LogP contribution in [0.1, 0.15) is 31.2 Å². The van der Waals surface area contributed by atoms with Gasteiger partial charge in [0.15, 0.2) is 0 Å². The summed E-state index contributed by atoms with van der Waals surface area (Å²) in [6.07, 6.45) is 0.547. The van der Waals surface area contributed by atoms with E-state index in [0.717, 1.165) is 5.69 Å². The first-order valence-electron chi connectivity index (χ1n) is 7.49. The number of aromatic nitrogens is 2. The molecule has 1 aliphatic rings. The fraction of sp³-hybridized carbons (Fsp3) is 0.600. The number of amides is 2. The van der Waals surface area contributed by atoms with Gasteiger partial charge in [-0.3, -0.25) is 14.2 Å². The standard InChI is InChI=1S/C15H22N4O3/c1-10-8-11(2)19(15(22)17-10)7-5-14(21)18-6-4-13(20)16-9-12(18)3/h8,12H,4-7,9H2,1-3H3,(H,16,20). The molecular formula is C15H22N4O3. The van der Waals surface area contributed by atoms with Gasteiger partial charge in [-0.25, -0.2) is 4.79 Å². The number of hydrogen-bond acceptors (Lipinski definition) is 4. The van der Waals surface area contributed by atoms with Crippen LogP contribution in [0.25, 0.3) is 0 Å². The Balaban J connectivity index is 2.03. The average Bonchev–Trinajstić information content (AvgIpc) is 2.59. The van der Waals surface area contributed by atoms with Crippen LogP contribution < -0.4 is 11.0 Å². The zero-order valence-corrected chi connectivity index (χ0v) is 13.3. The van der Waals surface area contributed by atoms with Gasteiger partial charge in [0.1, 0.15) is 0 Å². The number of hydrogen-bond donors (Lipinski definition) is 1. The van der Waals surface area contributed by atoms with Crippen molar-refractivity contribution in [2.45, 2.75) is 46.2 Å². The monoisotopic (exact) mass is 306 g/mol. The zero-order chi connectivity index (χ0) is 16.3. The van der Waals surface area contributed by atoms with E-state index in [1.54, 1.807) is 11.8 Å². The minimum atomic E-state index is -0.328. The molecule has 1 atom stereocenters. The van der Waals surface area contributed by atoms with E-state index >= 15 is 0 Å². The Morgan fingerprint density at radius 1 is 1.41 bits per heavy atom. The minimum absolute atomic E-state index is 0.0306. The Morgan fingerprint density at radius 3 is 2.82 bits per heavy atom. The maximum atomic E-state index is 12.4. The molecule has 22 heavy (non-hydrogen) atoms. The van der Waals surface area contributed by atoms with Crippen LogP contribution in [-0.4, -0.2) is 45.4 Å². The molecule has 1 aromatic rings. The molecule has 0 saturated carbocycles. The highest BCUT2D eigenvalue weighted by Crippen LogP contribution is 2.08. The van der Waals surface area contributed by atoms with E-state index in [9.17, 15) is 14.4 Å². The number of nitrogens with zero attached hydrogens (tertiary/aromatic N) is 3. The number of nitrogens with one attached hydrogen (secondary N) is 1. The van der Waals surface area contributed by atoms with Gasteiger partial charge in [-0.15, -0.1) is 0 Å². The van der Waals surface area contributed by atoms with E-state index < -0.39 is 0 Å². The van der Waals surface area contributed by atoms with Crippen LogP contribution >= 0.6 is 0 Å². The highest BCUT2D eigenvalue weighted by molar-refractivity contribution is 5.80. The summed E-state index contributed by atoms with van der Waals surface area (Å²) in [4.78, 5) is 41.3. The van der Waals surface area contributed by atoms with Crippen LogP contribution in [0.4, 0.5) is 0 Å². The average molecular weight is 306 g/mol. The molecule has 1 aromatic heterocycles. The van der Waals surface area contributed by atoms with E-state index in [2.05, 4.69) is 10.3 Å². The lowest BCUT2D eigenvalue weighted by Crippen LogP contribution is -2.42. The SMILES string of the molecule is Cc1cc(C)n(CCC(=O)N2CCC(=O)NCC2C)c(=O)n1. The lowest BCUT2D eigenvalue weighted by atomic mass is 10.2. The Morgan fingerprint density at radius 2 is 2.14 bits per heavy atom. The Labute approximate surface area is 129 Å². The molecule has 2 amide bonds. The van der Waals surface area contributed by atoms with Gasteiger partial charge in [-0.1, -0.05) is 0 Å². The first-order valence-corrected chi connectivity index (χ1v) is 7.49. The highest BCUT2D eigenvalue weighted by Gasteiger charge is 2.24. The molecule has 0 spiro atoms. The predicted molar refractivity (Wildman–Crippen MR) is 81.4 cm³/mol. The first-order chi connectivity index (χ1) is 10.4. The molecule has 0 aliphatic carbocycles. The second-order valence-corrected chi connectivity index (χ2v) is 5.71.